The third kappa shape index (κ3) is 2.44. The van der Waals surface area contributed by atoms with Gasteiger partial charge in [-0.15, -0.1) is 5.10 Å². The van der Waals surface area contributed by atoms with Gasteiger partial charge in [-0.1, -0.05) is 12.1 Å². The molecule has 96 valence electrons. The quantitative estimate of drug-likeness (QED) is 0.711. The Labute approximate surface area is 108 Å². The zero-order valence-electron chi connectivity index (χ0n) is 10.1. The second-order valence-corrected chi connectivity index (χ2v) is 4.16. The van der Waals surface area contributed by atoms with E-state index in [-0.39, 0.29) is 11.7 Å². The van der Waals surface area contributed by atoms with Gasteiger partial charge in [0.25, 0.3) is 5.78 Å². The molecule has 0 aliphatic carbocycles. The van der Waals surface area contributed by atoms with Crippen molar-refractivity contribution in [2.75, 3.05) is 5.73 Å². The van der Waals surface area contributed by atoms with Crippen molar-refractivity contribution in [1.82, 2.24) is 24.6 Å². The Morgan fingerprint density at radius 1 is 1.21 bits per heavy atom. The van der Waals surface area contributed by atoms with Gasteiger partial charge in [-0.3, -0.25) is 0 Å². The third-order valence-corrected chi connectivity index (χ3v) is 2.72. The first-order valence-electron chi connectivity index (χ1n) is 5.82. The van der Waals surface area contributed by atoms with E-state index in [1.54, 1.807) is 18.5 Å². The fourth-order valence-electron chi connectivity index (χ4n) is 1.84. The SMILES string of the molecule is Nc1nc2nc(CCc3cccc(O)c3)ncn2n1. The standard InChI is InChI=1S/C12H12N6O/c13-11-16-12-15-10(14-7-18(12)17-11)5-4-8-2-1-3-9(19)6-8/h1-3,6-7,19H,4-5H2,(H2,13,17). The number of anilines is 1. The second kappa shape index (κ2) is 4.52. The summed E-state index contributed by atoms with van der Waals surface area (Å²) in [6, 6.07) is 7.14. The number of aromatic nitrogens is 5. The van der Waals surface area contributed by atoms with Crippen molar-refractivity contribution in [2.24, 2.45) is 0 Å². The number of phenolic OH excluding ortho intramolecular Hbond substituents is 1. The van der Waals surface area contributed by atoms with E-state index in [0.717, 1.165) is 12.0 Å². The lowest BCUT2D eigenvalue weighted by Gasteiger charge is -2.01. The van der Waals surface area contributed by atoms with E-state index in [9.17, 15) is 5.11 Å². The van der Waals surface area contributed by atoms with Crippen LogP contribution in [0.15, 0.2) is 30.6 Å². The summed E-state index contributed by atoms with van der Waals surface area (Å²) in [6.07, 6.45) is 2.95. The predicted octanol–water partition coefficient (Wildman–Crippen LogP) is 0.592. The number of fused-ring (bicyclic) bond motifs is 1. The molecule has 0 atom stereocenters. The summed E-state index contributed by atoms with van der Waals surface area (Å²) in [7, 11) is 0. The number of rotatable bonds is 3. The highest BCUT2D eigenvalue weighted by atomic mass is 16.3. The Kier molecular flexibility index (Phi) is 2.71. The fourth-order valence-corrected chi connectivity index (χ4v) is 1.84. The van der Waals surface area contributed by atoms with E-state index in [2.05, 4.69) is 20.1 Å². The molecule has 3 N–H and O–H groups in total. The van der Waals surface area contributed by atoms with Crippen molar-refractivity contribution in [1.29, 1.82) is 0 Å². The molecule has 3 rings (SSSR count). The minimum Gasteiger partial charge on any atom is -0.508 e. The van der Waals surface area contributed by atoms with Crippen molar-refractivity contribution in [3.63, 3.8) is 0 Å². The van der Waals surface area contributed by atoms with Crippen LogP contribution >= 0.6 is 0 Å². The number of hydrogen-bond donors (Lipinski definition) is 2. The van der Waals surface area contributed by atoms with Crippen LogP contribution in [0.2, 0.25) is 0 Å². The molecule has 3 aromatic rings. The van der Waals surface area contributed by atoms with Crippen LogP contribution in [0.4, 0.5) is 5.95 Å². The highest BCUT2D eigenvalue weighted by molar-refractivity contribution is 5.32. The molecule has 2 heterocycles. The summed E-state index contributed by atoms with van der Waals surface area (Å²) in [4.78, 5) is 12.4. The van der Waals surface area contributed by atoms with Gasteiger partial charge in [-0.2, -0.15) is 14.5 Å². The topological polar surface area (TPSA) is 102 Å². The Balaban J connectivity index is 1.78. The lowest BCUT2D eigenvalue weighted by Crippen LogP contribution is -2.02. The van der Waals surface area contributed by atoms with Crippen molar-refractivity contribution < 1.29 is 5.11 Å². The minimum absolute atomic E-state index is 0.180. The van der Waals surface area contributed by atoms with E-state index in [4.69, 9.17) is 5.73 Å². The van der Waals surface area contributed by atoms with Crippen LogP contribution in [-0.2, 0) is 12.8 Å². The summed E-state index contributed by atoms with van der Waals surface area (Å²) in [6.45, 7) is 0. The second-order valence-electron chi connectivity index (χ2n) is 4.16. The normalized spacial score (nSPS) is 10.9. The molecule has 0 saturated carbocycles. The van der Waals surface area contributed by atoms with Crippen LogP contribution in [0.1, 0.15) is 11.4 Å². The molecule has 7 nitrogen and oxygen atoms in total. The van der Waals surface area contributed by atoms with Crippen molar-refractivity contribution in [2.45, 2.75) is 12.8 Å². The smallest absolute Gasteiger partial charge is 0.257 e. The number of nitrogens with two attached hydrogens (primary N) is 1. The Hall–Kier alpha value is -2.70. The van der Waals surface area contributed by atoms with E-state index >= 15 is 0 Å². The molecule has 0 radical (unpaired) electrons. The molecule has 19 heavy (non-hydrogen) atoms. The van der Waals surface area contributed by atoms with Gasteiger partial charge in [0, 0.05) is 6.42 Å². The van der Waals surface area contributed by atoms with E-state index in [0.29, 0.717) is 18.0 Å². The maximum atomic E-state index is 9.39. The maximum Gasteiger partial charge on any atom is 0.257 e. The van der Waals surface area contributed by atoms with Gasteiger partial charge in [0.05, 0.1) is 0 Å². The van der Waals surface area contributed by atoms with Gasteiger partial charge in [0.2, 0.25) is 5.95 Å². The molecule has 1 aromatic carbocycles. The van der Waals surface area contributed by atoms with Crippen LogP contribution in [0.5, 0.6) is 5.75 Å². The molecule has 0 bridgehead atoms. The van der Waals surface area contributed by atoms with E-state index in [1.165, 1.54) is 4.52 Å². The van der Waals surface area contributed by atoms with Gasteiger partial charge >= 0.3 is 0 Å². The average molecular weight is 256 g/mol. The Morgan fingerprint density at radius 3 is 2.95 bits per heavy atom. The number of nitrogen functional groups attached to an aromatic ring is 1. The molecule has 0 amide bonds. The molecule has 0 aliphatic heterocycles. The van der Waals surface area contributed by atoms with E-state index < -0.39 is 0 Å². The number of nitrogens with zero attached hydrogens (tertiary/aromatic N) is 5. The predicted molar refractivity (Wildman–Crippen MR) is 68.5 cm³/mol. The zero-order valence-corrected chi connectivity index (χ0v) is 10.1. The van der Waals surface area contributed by atoms with Gasteiger partial charge in [0.15, 0.2) is 0 Å². The number of benzene rings is 1. The lowest BCUT2D eigenvalue weighted by molar-refractivity contribution is 0.474. The molecule has 2 aromatic heterocycles. The van der Waals surface area contributed by atoms with Crippen molar-refractivity contribution in [3.8, 4) is 5.75 Å². The molecule has 0 aliphatic rings. The largest absolute Gasteiger partial charge is 0.508 e. The summed E-state index contributed by atoms with van der Waals surface area (Å²) in [5.41, 5.74) is 6.52. The molecule has 0 fully saturated rings. The molecule has 7 heteroatoms. The first kappa shape index (κ1) is 11.4. The molecule has 0 spiro atoms. The van der Waals surface area contributed by atoms with Gasteiger partial charge < -0.3 is 10.8 Å². The summed E-state index contributed by atoms with van der Waals surface area (Å²) < 4.78 is 1.44. The molecule has 0 saturated heterocycles. The summed E-state index contributed by atoms with van der Waals surface area (Å²) in [5.74, 6) is 1.56. The number of hydrogen-bond acceptors (Lipinski definition) is 6. The molecule has 0 unspecified atom stereocenters. The highest BCUT2D eigenvalue weighted by Gasteiger charge is 2.05. The van der Waals surface area contributed by atoms with Crippen molar-refractivity contribution >= 4 is 11.7 Å². The van der Waals surface area contributed by atoms with Crippen LogP contribution in [-0.4, -0.2) is 29.7 Å². The number of aromatic hydroxyl groups is 1. The Morgan fingerprint density at radius 2 is 2.11 bits per heavy atom. The number of aryl methyl sites for hydroxylation is 2. The van der Waals surface area contributed by atoms with Crippen LogP contribution in [0.25, 0.3) is 5.78 Å². The Bertz CT molecular complexity index is 723. The fraction of sp³-hybridized carbons (Fsp3) is 0.167. The lowest BCUT2D eigenvalue weighted by atomic mass is 10.1. The van der Waals surface area contributed by atoms with Gasteiger partial charge in [0.1, 0.15) is 17.9 Å². The number of phenols is 1. The molecular formula is C12H12N6O. The highest BCUT2D eigenvalue weighted by Crippen LogP contribution is 2.12. The summed E-state index contributed by atoms with van der Waals surface area (Å²) in [5, 5.41) is 13.3. The van der Waals surface area contributed by atoms with Crippen molar-refractivity contribution in [3.05, 3.63) is 42.0 Å². The third-order valence-electron chi connectivity index (χ3n) is 2.72. The van der Waals surface area contributed by atoms with Crippen LogP contribution in [0.3, 0.4) is 0 Å². The summed E-state index contributed by atoms with van der Waals surface area (Å²) >= 11 is 0. The van der Waals surface area contributed by atoms with Gasteiger partial charge in [-0.05, 0) is 24.1 Å². The minimum atomic E-state index is 0.180. The van der Waals surface area contributed by atoms with E-state index in [1.807, 2.05) is 12.1 Å². The van der Waals surface area contributed by atoms with Gasteiger partial charge in [-0.25, -0.2) is 4.98 Å². The monoisotopic (exact) mass is 256 g/mol. The maximum absolute atomic E-state index is 9.39. The molecular weight excluding hydrogens is 244 g/mol. The average Bonchev–Trinajstić information content (AvgIpc) is 2.75. The van der Waals surface area contributed by atoms with Crippen LogP contribution < -0.4 is 5.73 Å². The first-order chi connectivity index (χ1) is 9.20. The first-order valence-corrected chi connectivity index (χ1v) is 5.82. The zero-order chi connectivity index (χ0) is 13.2. The van der Waals surface area contributed by atoms with Crippen LogP contribution in [0, 0.1) is 0 Å².